The second-order valence-corrected chi connectivity index (χ2v) is 5.19. The van der Waals surface area contributed by atoms with Crippen molar-refractivity contribution in [3.63, 3.8) is 0 Å². The zero-order valence-corrected chi connectivity index (χ0v) is 14.1. The van der Waals surface area contributed by atoms with Crippen LogP contribution in [0, 0.1) is 10.1 Å². The molecule has 9 nitrogen and oxygen atoms in total. The molecule has 1 N–H and O–H groups in total. The third kappa shape index (κ3) is 3.56. The third-order valence-electron chi connectivity index (χ3n) is 3.60. The molecule has 0 amide bonds. The van der Waals surface area contributed by atoms with Crippen LogP contribution in [0.4, 0.5) is 5.69 Å². The van der Waals surface area contributed by atoms with Gasteiger partial charge in [0.05, 0.1) is 19.1 Å². The highest BCUT2D eigenvalue weighted by Crippen LogP contribution is 2.31. The summed E-state index contributed by atoms with van der Waals surface area (Å²) in [5.74, 6) is 2.22. The predicted molar refractivity (Wildman–Crippen MR) is 92.4 cm³/mol. The molecule has 0 aliphatic rings. The van der Waals surface area contributed by atoms with Crippen molar-refractivity contribution < 1.29 is 19.1 Å². The molecule has 0 aliphatic heterocycles. The second kappa shape index (κ2) is 7.51. The highest BCUT2D eigenvalue weighted by Gasteiger charge is 2.15. The Bertz CT molecular complexity index is 925. The summed E-state index contributed by atoms with van der Waals surface area (Å²) >= 11 is 0. The quantitative estimate of drug-likeness (QED) is 0.511. The summed E-state index contributed by atoms with van der Waals surface area (Å²) in [5.41, 5.74) is 0.628. The molecule has 26 heavy (non-hydrogen) atoms. The minimum absolute atomic E-state index is 0.0190. The number of para-hydroxylation sites is 2. The van der Waals surface area contributed by atoms with Gasteiger partial charge in [0, 0.05) is 11.6 Å². The van der Waals surface area contributed by atoms with E-state index in [1.54, 1.807) is 44.6 Å². The fourth-order valence-electron chi connectivity index (χ4n) is 2.34. The van der Waals surface area contributed by atoms with Gasteiger partial charge in [-0.25, -0.2) is 4.98 Å². The van der Waals surface area contributed by atoms with Gasteiger partial charge in [0.2, 0.25) is 0 Å². The molecule has 3 aromatic rings. The summed E-state index contributed by atoms with van der Waals surface area (Å²) in [7, 11) is 3.11. The molecule has 0 aliphatic carbocycles. The Morgan fingerprint density at radius 3 is 2.58 bits per heavy atom. The first-order chi connectivity index (χ1) is 12.6. The molecule has 0 saturated heterocycles. The van der Waals surface area contributed by atoms with E-state index >= 15 is 0 Å². The average Bonchev–Trinajstić information content (AvgIpc) is 3.15. The van der Waals surface area contributed by atoms with Crippen molar-refractivity contribution >= 4 is 5.69 Å². The van der Waals surface area contributed by atoms with Gasteiger partial charge in [0.25, 0.3) is 0 Å². The molecule has 0 atom stereocenters. The van der Waals surface area contributed by atoms with Crippen LogP contribution in [0.2, 0.25) is 0 Å². The second-order valence-electron chi connectivity index (χ2n) is 5.19. The van der Waals surface area contributed by atoms with E-state index in [4.69, 9.17) is 14.2 Å². The fraction of sp³-hybridized carbons (Fsp3) is 0.176. The molecule has 3 rings (SSSR count). The van der Waals surface area contributed by atoms with Crippen LogP contribution in [0.15, 0.2) is 42.5 Å². The van der Waals surface area contributed by atoms with Gasteiger partial charge in [-0.05, 0) is 24.3 Å². The van der Waals surface area contributed by atoms with Crippen molar-refractivity contribution in [1.82, 2.24) is 15.2 Å². The Labute approximate surface area is 148 Å². The van der Waals surface area contributed by atoms with Crippen LogP contribution in [-0.2, 0) is 6.61 Å². The largest absolute Gasteiger partial charge is 0.493 e. The molecule has 0 bridgehead atoms. The van der Waals surface area contributed by atoms with Gasteiger partial charge in [-0.3, -0.25) is 15.2 Å². The number of hydrogen-bond donors (Lipinski definition) is 1. The molecule has 0 fully saturated rings. The Morgan fingerprint density at radius 1 is 1.08 bits per heavy atom. The van der Waals surface area contributed by atoms with Crippen LogP contribution in [0.25, 0.3) is 11.4 Å². The molecular weight excluding hydrogens is 340 g/mol. The van der Waals surface area contributed by atoms with E-state index in [9.17, 15) is 10.1 Å². The summed E-state index contributed by atoms with van der Waals surface area (Å²) in [6.07, 6.45) is 0. The van der Waals surface area contributed by atoms with Crippen molar-refractivity contribution in [3.8, 4) is 28.6 Å². The Hall–Kier alpha value is -3.62. The van der Waals surface area contributed by atoms with Crippen LogP contribution >= 0.6 is 0 Å². The highest BCUT2D eigenvalue weighted by molar-refractivity contribution is 5.60. The molecule has 0 unspecified atom stereocenters. The normalized spacial score (nSPS) is 10.4. The molecule has 2 aromatic carbocycles. The lowest BCUT2D eigenvalue weighted by Gasteiger charge is -2.07. The first-order valence-electron chi connectivity index (χ1n) is 7.62. The fourth-order valence-corrected chi connectivity index (χ4v) is 2.34. The minimum Gasteiger partial charge on any atom is -0.493 e. The third-order valence-corrected chi connectivity index (χ3v) is 3.60. The van der Waals surface area contributed by atoms with Gasteiger partial charge in [-0.15, -0.1) is 0 Å². The maximum Gasteiger partial charge on any atom is 0.310 e. The number of nitrogens with one attached hydrogen (secondary N) is 1. The number of nitrogens with zero attached hydrogens (tertiary/aromatic N) is 3. The van der Waals surface area contributed by atoms with Gasteiger partial charge < -0.3 is 14.2 Å². The van der Waals surface area contributed by atoms with Crippen molar-refractivity contribution in [2.45, 2.75) is 6.61 Å². The highest BCUT2D eigenvalue weighted by atomic mass is 16.6. The standard InChI is InChI=1S/C17H16N4O5/c1-24-14-8-7-11(9-15(14)25-2)17-18-16(19-20-17)10-26-13-6-4-3-5-12(13)21(22)23/h3-9H,10H2,1-2H3,(H,18,19,20). The zero-order valence-electron chi connectivity index (χ0n) is 14.1. The number of benzene rings is 2. The summed E-state index contributed by atoms with van der Waals surface area (Å²) in [6.45, 7) is 0.0190. The number of ether oxygens (including phenoxy) is 3. The number of hydrogen-bond acceptors (Lipinski definition) is 7. The summed E-state index contributed by atoms with van der Waals surface area (Å²) < 4.78 is 16.0. The Kier molecular flexibility index (Phi) is 4.97. The van der Waals surface area contributed by atoms with Gasteiger partial charge >= 0.3 is 5.69 Å². The lowest BCUT2D eigenvalue weighted by atomic mass is 10.2. The van der Waals surface area contributed by atoms with E-state index in [2.05, 4.69) is 15.2 Å². The van der Waals surface area contributed by atoms with Gasteiger partial charge in [0.15, 0.2) is 28.9 Å². The van der Waals surface area contributed by atoms with Crippen molar-refractivity contribution in [2.75, 3.05) is 14.2 Å². The number of nitro groups is 1. The number of aromatic amines is 1. The van der Waals surface area contributed by atoms with Crippen LogP contribution in [0.5, 0.6) is 17.2 Å². The van der Waals surface area contributed by atoms with Crippen LogP contribution in [-0.4, -0.2) is 34.3 Å². The molecule has 134 valence electrons. The van der Waals surface area contributed by atoms with E-state index in [-0.39, 0.29) is 18.0 Å². The van der Waals surface area contributed by atoms with E-state index in [0.717, 1.165) is 5.56 Å². The van der Waals surface area contributed by atoms with Crippen LogP contribution in [0.3, 0.4) is 0 Å². The molecule has 9 heteroatoms. The lowest BCUT2D eigenvalue weighted by Crippen LogP contribution is -2.00. The SMILES string of the molecule is COc1ccc(-c2n[nH]c(COc3ccccc3[N+](=O)[O-])n2)cc1OC. The minimum atomic E-state index is -0.495. The Morgan fingerprint density at radius 2 is 1.85 bits per heavy atom. The van der Waals surface area contributed by atoms with E-state index in [1.807, 2.05) is 0 Å². The number of H-pyrrole nitrogens is 1. The monoisotopic (exact) mass is 356 g/mol. The first kappa shape index (κ1) is 17.2. The molecular formula is C17H16N4O5. The van der Waals surface area contributed by atoms with Gasteiger partial charge in [-0.1, -0.05) is 12.1 Å². The van der Waals surface area contributed by atoms with E-state index < -0.39 is 4.92 Å². The molecule has 1 aromatic heterocycles. The van der Waals surface area contributed by atoms with Crippen LogP contribution in [0.1, 0.15) is 5.82 Å². The summed E-state index contributed by atoms with van der Waals surface area (Å²) in [6, 6.07) is 11.5. The average molecular weight is 356 g/mol. The van der Waals surface area contributed by atoms with Gasteiger partial charge in [0.1, 0.15) is 6.61 Å². The van der Waals surface area contributed by atoms with Crippen molar-refractivity contribution in [2.24, 2.45) is 0 Å². The van der Waals surface area contributed by atoms with Crippen LogP contribution < -0.4 is 14.2 Å². The van der Waals surface area contributed by atoms with Crippen molar-refractivity contribution in [3.05, 3.63) is 58.4 Å². The molecule has 0 radical (unpaired) electrons. The first-order valence-corrected chi connectivity index (χ1v) is 7.62. The Balaban J connectivity index is 1.76. The number of aromatic nitrogens is 3. The molecule has 0 saturated carbocycles. The van der Waals surface area contributed by atoms with E-state index in [1.165, 1.54) is 12.1 Å². The number of methoxy groups -OCH3 is 2. The smallest absolute Gasteiger partial charge is 0.310 e. The maximum absolute atomic E-state index is 11.0. The predicted octanol–water partition coefficient (Wildman–Crippen LogP) is 2.98. The summed E-state index contributed by atoms with van der Waals surface area (Å²) in [4.78, 5) is 14.9. The molecule has 0 spiro atoms. The maximum atomic E-state index is 11.0. The lowest BCUT2D eigenvalue weighted by molar-refractivity contribution is -0.385. The van der Waals surface area contributed by atoms with Gasteiger partial charge in [-0.2, -0.15) is 5.10 Å². The number of nitro benzene ring substituents is 1. The number of rotatable bonds is 7. The topological polar surface area (TPSA) is 112 Å². The molecule has 1 heterocycles. The summed E-state index contributed by atoms with van der Waals surface area (Å²) in [5, 5.41) is 17.9. The zero-order chi connectivity index (χ0) is 18.5. The van der Waals surface area contributed by atoms with Crippen molar-refractivity contribution in [1.29, 1.82) is 0 Å². The van der Waals surface area contributed by atoms with E-state index in [0.29, 0.717) is 23.1 Å².